The molecule has 4 N–H and O–H groups in total. The van der Waals surface area contributed by atoms with Crippen LogP contribution >= 0.6 is 11.8 Å². The lowest BCUT2D eigenvalue weighted by molar-refractivity contribution is 0.102. The van der Waals surface area contributed by atoms with Crippen LogP contribution in [0.5, 0.6) is 5.88 Å². The second kappa shape index (κ2) is 8.18. The molecule has 0 radical (unpaired) electrons. The van der Waals surface area contributed by atoms with Gasteiger partial charge in [-0.15, -0.1) is 11.8 Å². The standard InChI is InChI=1S/C20H21N3O3S/c1-2-3-12-27-15-11-7-10-14-16(19(25)23(17(14)15)20(21)26)18(24)22-13-8-5-4-6-9-13/h4-11,25H,2-3,12H2,1H3,(H2,21,26)(H,22,24). The summed E-state index contributed by atoms with van der Waals surface area (Å²) < 4.78 is 1.00. The number of rotatable bonds is 6. The van der Waals surface area contributed by atoms with Crippen molar-refractivity contribution in [2.24, 2.45) is 5.73 Å². The van der Waals surface area contributed by atoms with E-state index in [0.717, 1.165) is 28.1 Å². The number of carbonyl (C=O) groups excluding carboxylic acids is 2. The summed E-state index contributed by atoms with van der Waals surface area (Å²) in [5.41, 5.74) is 6.58. The maximum atomic E-state index is 12.8. The molecule has 3 aromatic rings. The fourth-order valence-corrected chi connectivity index (χ4v) is 4.05. The number of nitrogens with two attached hydrogens (primary N) is 1. The molecule has 0 aliphatic rings. The number of hydrogen-bond acceptors (Lipinski definition) is 4. The van der Waals surface area contributed by atoms with Crippen molar-refractivity contribution in [3.63, 3.8) is 0 Å². The van der Waals surface area contributed by atoms with Crippen LogP contribution in [0, 0.1) is 0 Å². The zero-order chi connectivity index (χ0) is 19.4. The van der Waals surface area contributed by atoms with Crippen LogP contribution in [0.15, 0.2) is 53.4 Å². The molecule has 1 aromatic heterocycles. The number of para-hydroxylation sites is 2. The molecule has 0 fully saturated rings. The van der Waals surface area contributed by atoms with Gasteiger partial charge in [-0.2, -0.15) is 0 Å². The number of benzene rings is 2. The Bertz CT molecular complexity index is 983. The van der Waals surface area contributed by atoms with Gasteiger partial charge in [0, 0.05) is 16.0 Å². The van der Waals surface area contributed by atoms with E-state index in [-0.39, 0.29) is 5.56 Å². The zero-order valence-electron chi connectivity index (χ0n) is 14.9. The third kappa shape index (κ3) is 3.78. The topological polar surface area (TPSA) is 97.3 Å². The van der Waals surface area contributed by atoms with Crippen molar-refractivity contribution in [3.8, 4) is 5.88 Å². The Kier molecular flexibility index (Phi) is 5.71. The molecule has 0 atom stereocenters. The smallest absolute Gasteiger partial charge is 0.326 e. The highest BCUT2D eigenvalue weighted by Gasteiger charge is 2.26. The molecule has 1 heterocycles. The minimum atomic E-state index is -0.834. The van der Waals surface area contributed by atoms with Crippen molar-refractivity contribution in [2.45, 2.75) is 24.7 Å². The molecule has 140 valence electrons. The molecular weight excluding hydrogens is 362 g/mol. The van der Waals surface area contributed by atoms with Crippen molar-refractivity contribution >= 4 is 40.3 Å². The van der Waals surface area contributed by atoms with Gasteiger partial charge in [-0.3, -0.25) is 4.79 Å². The van der Waals surface area contributed by atoms with Crippen LogP contribution in [0.4, 0.5) is 10.5 Å². The Hall–Kier alpha value is -2.93. The first-order valence-corrected chi connectivity index (χ1v) is 9.68. The summed E-state index contributed by atoms with van der Waals surface area (Å²) in [6.07, 6.45) is 2.07. The van der Waals surface area contributed by atoms with E-state index in [0.29, 0.717) is 16.6 Å². The Morgan fingerprint density at radius 2 is 1.89 bits per heavy atom. The third-order valence-corrected chi connectivity index (χ3v) is 5.30. The highest BCUT2D eigenvalue weighted by Crippen LogP contribution is 2.37. The molecule has 27 heavy (non-hydrogen) atoms. The molecule has 0 aliphatic carbocycles. The monoisotopic (exact) mass is 383 g/mol. The quantitative estimate of drug-likeness (QED) is 0.433. The Morgan fingerprint density at radius 1 is 1.15 bits per heavy atom. The molecule has 2 amide bonds. The van der Waals surface area contributed by atoms with Gasteiger partial charge in [0.05, 0.1) is 5.52 Å². The molecule has 0 unspecified atom stereocenters. The predicted molar refractivity (Wildman–Crippen MR) is 109 cm³/mol. The molecular formula is C20H21N3O3S. The largest absolute Gasteiger partial charge is 0.494 e. The number of nitrogens with zero attached hydrogens (tertiary/aromatic N) is 1. The van der Waals surface area contributed by atoms with Crippen molar-refractivity contribution in [1.29, 1.82) is 0 Å². The van der Waals surface area contributed by atoms with Crippen molar-refractivity contribution in [3.05, 3.63) is 54.1 Å². The first kappa shape index (κ1) is 18.8. The van der Waals surface area contributed by atoms with E-state index in [9.17, 15) is 14.7 Å². The van der Waals surface area contributed by atoms with Crippen molar-refractivity contribution in [1.82, 2.24) is 4.57 Å². The van der Waals surface area contributed by atoms with Crippen molar-refractivity contribution < 1.29 is 14.7 Å². The van der Waals surface area contributed by atoms with Crippen LogP contribution < -0.4 is 11.1 Å². The second-order valence-corrected chi connectivity index (χ2v) is 7.18. The van der Waals surface area contributed by atoms with Crippen LogP contribution in [0.2, 0.25) is 0 Å². The van der Waals surface area contributed by atoms with Gasteiger partial charge >= 0.3 is 6.03 Å². The predicted octanol–water partition coefficient (Wildman–Crippen LogP) is 4.42. The van der Waals surface area contributed by atoms with Crippen LogP contribution in [0.25, 0.3) is 10.9 Å². The average Bonchev–Trinajstić information content (AvgIpc) is 2.95. The number of aromatic nitrogens is 1. The third-order valence-electron chi connectivity index (χ3n) is 4.16. The van der Waals surface area contributed by atoms with Crippen LogP contribution in [0.3, 0.4) is 0 Å². The number of thioether (sulfide) groups is 1. The van der Waals surface area contributed by atoms with Crippen molar-refractivity contribution in [2.75, 3.05) is 11.1 Å². The summed E-state index contributed by atoms with van der Waals surface area (Å²) >= 11 is 1.57. The van der Waals surface area contributed by atoms with Crippen LogP contribution in [-0.4, -0.2) is 27.4 Å². The fraction of sp³-hybridized carbons (Fsp3) is 0.200. The second-order valence-electron chi connectivity index (χ2n) is 6.05. The van der Waals surface area contributed by atoms with E-state index >= 15 is 0 Å². The van der Waals surface area contributed by atoms with Gasteiger partial charge in [0.15, 0.2) is 0 Å². The van der Waals surface area contributed by atoms with Crippen LogP contribution in [-0.2, 0) is 0 Å². The summed E-state index contributed by atoms with van der Waals surface area (Å²) in [6.45, 7) is 2.10. The number of unbranched alkanes of at least 4 members (excludes halogenated alkanes) is 1. The number of anilines is 1. The van der Waals surface area contributed by atoms with E-state index in [1.54, 1.807) is 48.2 Å². The summed E-state index contributed by atoms with van der Waals surface area (Å²) in [7, 11) is 0. The average molecular weight is 383 g/mol. The summed E-state index contributed by atoms with van der Waals surface area (Å²) in [5.74, 6) is -0.0832. The molecule has 0 bridgehead atoms. The minimum absolute atomic E-state index is 0.0330. The number of primary amides is 1. The first-order valence-electron chi connectivity index (χ1n) is 8.70. The molecule has 7 heteroatoms. The van der Waals surface area contributed by atoms with Gasteiger partial charge < -0.3 is 16.2 Å². The molecule has 0 saturated heterocycles. The lowest BCUT2D eigenvalue weighted by Gasteiger charge is -2.06. The van der Waals surface area contributed by atoms with E-state index in [4.69, 9.17) is 5.73 Å². The normalized spacial score (nSPS) is 10.9. The zero-order valence-corrected chi connectivity index (χ0v) is 15.8. The number of hydrogen-bond donors (Lipinski definition) is 3. The maximum absolute atomic E-state index is 12.8. The summed E-state index contributed by atoms with van der Waals surface area (Å²) in [6, 6.07) is 13.5. The lowest BCUT2D eigenvalue weighted by atomic mass is 10.1. The fourth-order valence-electron chi connectivity index (χ4n) is 2.89. The number of aromatic hydroxyl groups is 1. The summed E-state index contributed by atoms with van der Waals surface area (Å²) in [4.78, 5) is 25.6. The van der Waals surface area contributed by atoms with Gasteiger partial charge in [0.25, 0.3) is 5.91 Å². The molecule has 6 nitrogen and oxygen atoms in total. The van der Waals surface area contributed by atoms with E-state index in [1.807, 2.05) is 12.1 Å². The highest BCUT2D eigenvalue weighted by atomic mass is 32.2. The number of carbonyl (C=O) groups is 2. The van der Waals surface area contributed by atoms with Gasteiger partial charge in [-0.25, -0.2) is 9.36 Å². The Morgan fingerprint density at radius 3 is 2.56 bits per heavy atom. The SMILES string of the molecule is CCCCSc1cccc2c(C(=O)Nc3ccccc3)c(O)n(C(N)=O)c12. The molecule has 0 spiro atoms. The van der Waals surface area contributed by atoms with Gasteiger partial charge in [0.2, 0.25) is 5.88 Å². The maximum Gasteiger partial charge on any atom is 0.326 e. The first-order chi connectivity index (χ1) is 13.0. The minimum Gasteiger partial charge on any atom is -0.494 e. The van der Waals surface area contributed by atoms with E-state index < -0.39 is 17.8 Å². The highest BCUT2D eigenvalue weighted by molar-refractivity contribution is 7.99. The van der Waals surface area contributed by atoms with Gasteiger partial charge in [-0.05, 0) is 30.4 Å². The lowest BCUT2D eigenvalue weighted by Crippen LogP contribution is -2.19. The number of nitrogens with one attached hydrogen (secondary N) is 1. The molecule has 0 aliphatic heterocycles. The molecule has 0 saturated carbocycles. The summed E-state index contributed by atoms with van der Waals surface area (Å²) in [5, 5.41) is 13.9. The van der Waals surface area contributed by atoms with E-state index in [1.165, 1.54) is 0 Å². The van der Waals surface area contributed by atoms with E-state index in [2.05, 4.69) is 12.2 Å². The Balaban J connectivity index is 2.10. The van der Waals surface area contributed by atoms with Crippen LogP contribution in [0.1, 0.15) is 30.1 Å². The number of fused-ring (bicyclic) bond motifs is 1. The number of amides is 2. The molecule has 3 rings (SSSR count). The van der Waals surface area contributed by atoms with Gasteiger partial charge in [-0.1, -0.05) is 43.7 Å². The Labute approximate surface area is 161 Å². The molecule has 2 aromatic carbocycles. The van der Waals surface area contributed by atoms with Gasteiger partial charge in [0.1, 0.15) is 5.56 Å².